The number of aryl methyl sites for hydroxylation is 2. The van der Waals surface area contributed by atoms with Crippen molar-refractivity contribution in [2.75, 3.05) is 5.32 Å². The van der Waals surface area contributed by atoms with Crippen LogP contribution in [-0.2, 0) is 6.54 Å². The Balaban J connectivity index is 1.94. The number of benzene rings is 1. The summed E-state index contributed by atoms with van der Waals surface area (Å²) in [5, 5.41) is 23.9. The molecular formula is C21H20FN7O. The summed E-state index contributed by atoms with van der Waals surface area (Å²) >= 11 is 0. The van der Waals surface area contributed by atoms with Gasteiger partial charge in [-0.15, -0.1) is 10.2 Å². The number of rotatable bonds is 6. The van der Waals surface area contributed by atoms with E-state index in [1.165, 1.54) is 12.1 Å². The van der Waals surface area contributed by atoms with E-state index in [0.717, 1.165) is 5.69 Å². The van der Waals surface area contributed by atoms with Crippen LogP contribution in [0.15, 0.2) is 47.0 Å². The largest absolute Gasteiger partial charge is 0.421 e. The molecule has 0 fully saturated rings. The Hall–Kier alpha value is -3.88. The first-order valence-electron chi connectivity index (χ1n) is 9.42. The van der Waals surface area contributed by atoms with Crippen molar-refractivity contribution in [3.05, 3.63) is 59.9 Å². The van der Waals surface area contributed by atoms with Crippen LogP contribution in [0.2, 0.25) is 0 Å². The van der Waals surface area contributed by atoms with Crippen LogP contribution in [-0.4, -0.2) is 30.7 Å². The van der Waals surface area contributed by atoms with Crippen molar-refractivity contribution >= 4 is 17.2 Å². The summed E-state index contributed by atoms with van der Waals surface area (Å²) in [5.74, 6) is 0.812. The van der Waals surface area contributed by atoms with E-state index in [1.54, 1.807) is 32.2 Å². The first-order chi connectivity index (χ1) is 14.5. The van der Waals surface area contributed by atoms with Gasteiger partial charge < -0.3 is 15.1 Å². The zero-order chi connectivity index (χ0) is 21.3. The molecule has 0 unspecified atom stereocenters. The van der Waals surface area contributed by atoms with E-state index in [2.05, 4.69) is 20.6 Å². The van der Waals surface area contributed by atoms with Crippen LogP contribution in [0.25, 0.3) is 22.8 Å². The van der Waals surface area contributed by atoms with Crippen molar-refractivity contribution in [3.63, 3.8) is 0 Å². The average Bonchev–Trinajstić information content (AvgIpc) is 3.37. The van der Waals surface area contributed by atoms with E-state index < -0.39 is 0 Å². The van der Waals surface area contributed by atoms with E-state index in [4.69, 9.17) is 14.8 Å². The number of aromatic nitrogens is 5. The molecule has 0 bridgehead atoms. The minimum atomic E-state index is -0.334. The standard InChI is InChI=1S/C21H20FN7O/c1-4-29-18(9-10-24-29)17-11-16(21-28-27-13(3)30-21)19(12(2)23)20(26-17)25-15-7-5-14(22)6-8-15/h5-11,23H,4H2,1-3H3,(H,25,26). The Morgan fingerprint density at radius 3 is 2.60 bits per heavy atom. The molecule has 0 spiro atoms. The highest BCUT2D eigenvalue weighted by molar-refractivity contribution is 6.07. The second-order valence-electron chi connectivity index (χ2n) is 6.69. The Kier molecular flexibility index (Phi) is 5.09. The molecule has 2 N–H and O–H groups in total. The van der Waals surface area contributed by atoms with Gasteiger partial charge in [-0.25, -0.2) is 9.37 Å². The summed E-state index contributed by atoms with van der Waals surface area (Å²) in [6.45, 7) is 6.03. The maximum atomic E-state index is 13.3. The molecule has 0 aliphatic carbocycles. The van der Waals surface area contributed by atoms with Crippen molar-refractivity contribution in [2.24, 2.45) is 0 Å². The summed E-state index contributed by atoms with van der Waals surface area (Å²) in [6, 6.07) is 9.63. The van der Waals surface area contributed by atoms with E-state index in [9.17, 15) is 4.39 Å². The van der Waals surface area contributed by atoms with Gasteiger partial charge in [-0.1, -0.05) is 0 Å². The Bertz CT molecular complexity index is 1210. The van der Waals surface area contributed by atoms with Gasteiger partial charge in [0.15, 0.2) is 0 Å². The molecule has 4 aromatic rings. The van der Waals surface area contributed by atoms with E-state index in [0.29, 0.717) is 46.7 Å². The molecule has 0 saturated heterocycles. The summed E-state index contributed by atoms with van der Waals surface area (Å²) in [4.78, 5) is 4.76. The minimum absolute atomic E-state index is 0.272. The van der Waals surface area contributed by atoms with E-state index in [1.807, 2.05) is 23.7 Å². The third-order valence-corrected chi connectivity index (χ3v) is 4.54. The third-order valence-electron chi connectivity index (χ3n) is 4.54. The van der Waals surface area contributed by atoms with Gasteiger partial charge in [-0.3, -0.25) is 4.68 Å². The monoisotopic (exact) mass is 405 g/mol. The number of pyridine rings is 1. The predicted octanol–water partition coefficient (Wildman–Crippen LogP) is 4.59. The molecule has 9 heteroatoms. The molecule has 0 aliphatic heterocycles. The summed E-state index contributed by atoms with van der Waals surface area (Å²) in [6.07, 6.45) is 1.71. The number of halogens is 1. The zero-order valence-electron chi connectivity index (χ0n) is 16.8. The molecule has 4 rings (SSSR count). The molecule has 0 atom stereocenters. The van der Waals surface area contributed by atoms with E-state index >= 15 is 0 Å². The highest BCUT2D eigenvalue weighted by Crippen LogP contribution is 2.34. The molecule has 152 valence electrons. The van der Waals surface area contributed by atoms with Crippen LogP contribution in [0, 0.1) is 18.2 Å². The van der Waals surface area contributed by atoms with Gasteiger partial charge >= 0.3 is 0 Å². The molecule has 8 nitrogen and oxygen atoms in total. The topological polar surface area (TPSA) is 106 Å². The number of hydrogen-bond donors (Lipinski definition) is 2. The molecule has 3 heterocycles. The first-order valence-corrected chi connectivity index (χ1v) is 9.42. The van der Waals surface area contributed by atoms with Gasteiger partial charge in [0.1, 0.15) is 11.6 Å². The quantitative estimate of drug-likeness (QED) is 0.454. The van der Waals surface area contributed by atoms with Crippen molar-refractivity contribution in [2.45, 2.75) is 27.3 Å². The highest BCUT2D eigenvalue weighted by atomic mass is 19.1. The number of nitrogens with zero attached hydrogens (tertiary/aromatic N) is 5. The maximum absolute atomic E-state index is 13.3. The van der Waals surface area contributed by atoms with Crippen LogP contribution < -0.4 is 5.32 Å². The average molecular weight is 405 g/mol. The molecule has 30 heavy (non-hydrogen) atoms. The van der Waals surface area contributed by atoms with E-state index in [-0.39, 0.29) is 11.5 Å². The summed E-state index contributed by atoms with van der Waals surface area (Å²) in [7, 11) is 0. The van der Waals surface area contributed by atoms with Crippen LogP contribution in [0.3, 0.4) is 0 Å². The fourth-order valence-electron chi connectivity index (χ4n) is 3.19. The van der Waals surface area contributed by atoms with Gasteiger partial charge in [0.25, 0.3) is 0 Å². The molecule has 3 aromatic heterocycles. The summed E-state index contributed by atoms with van der Waals surface area (Å²) in [5.41, 5.74) is 3.46. The molecule has 0 saturated carbocycles. The lowest BCUT2D eigenvalue weighted by atomic mass is 10.0. The molecule has 0 radical (unpaired) electrons. The normalized spacial score (nSPS) is 10.9. The Morgan fingerprint density at radius 1 is 1.20 bits per heavy atom. The lowest BCUT2D eigenvalue weighted by Gasteiger charge is -2.16. The molecule has 0 amide bonds. The van der Waals surface area contributed by atoms with Crippen molar-refractivity contribution in [1.29, 1.82) is 5.41 Å². The molecule has 1 aromatic carbocycles. The minimum Gasteiger partial charge on any atom is -0.421 e. The SMILES string of the molecule is CCn1nccc1-c1cc(-c2nnc(C)o2)c(C(C)=N)c(Nc2ccc(F)cc2)n1. The van der Waals surface area contributed by atoms with Crippen molar-refractivity contribution in [3.8, 4) is 22.8 Å². The van der Waals surface area contributed by atoms with Crippen molar-refractivity contribution in [1.82, 2.24) is 25.0 Å². The molecular weight excluding hydrogens is 385 g/mol. The Morgan fingerprint density at radius 2 is 1.97 bits per heavy atom. The predicted molar refractivity (Wildman–Crippen MR) is 111 cm³/mol. The van der Waals surface area contributed by atoms with Gasteiger partial charge in [-0.2, -0.15) is 5.10 Å². The number of anilines is 2. The number of nitrogens with one attached hydrogen (secondary N) is 2. The lowest BCUT2D eigenvalue weighted by Crippen LogP contribution is -2.08. The lowest BCUT2D eigenvalue weighted by molar-refractivity contribution is 0.532. The zero-order valence-corrected chi connectivity index (χ0v) is 16.8. The second-order valence-corrected chi connectivity index (χ2v) is 6.69. The fourth-order valence-corrected chi connectivity index (χ4v) is 3.19. The number of hydrogen-bond acceptors (Lipinski definition) is 7. The van der Waals surface area contributed by atoms with Gasteiger partial charge in [-0.05, 0) is 50.2 Å². The second kappa shape index (κ2) is 7.86. The maximum Gasteiger partial charge on any atom is 0.248 e. The van der Waals surface area contributed by atoms with Crippen LogP contribution in [0.1, 0.15) is 25.3 Å². The smallest absolute Gasteiger partial charge is 0.248 e. The van der Waals surface area contributed by atoms with Gasteiger partial charge in [0.05, 0.1) is 22.5 Å². The fraction of sp³-hybridized carbons (Fsp3) is 0.190. The van der Waals surface area contributed by atoms with Crippen LogP contribution in [0.5, 0.6) is 0 Å². The Labute approximate surface area is 172 Å². The highest BCUT2D eigenvalue weighted by Gasteiger charge is 2.22. The van der Waals surface area contributed by atoms with Gasteiger partial charge in [0, 0.05) is 31.1 Å². The first kappa shape index (κ1) is 19.4. The van der Waals surface area contributed by atoms with Gasteiger partial charge in [0.2, 0.25) is 11.8 Å². The van der Waals surface area contributed by atoms with Crippen LogP contribution >= 0.6 is 0 Å². The third kappa shape index (κ3) is 3.69. The summed E-state index contributed by atoms with van der Waals surface area (Å²) < 4.78 is 20.8. The molecule has 0 aliphatic rings. The van der Waals surface area contributed by atoms with Crippen LogP contribution in [0.4, 0.5) is 15.9 Å². The van der Waals surface area contributed by atoms with Crippen molar-refractivity contribution < 1.29 is 8.81 Å².